The third-order valence-electron chi connectivity index (χ3n) is 3.54. The molecule has 0 spiro atoms. The summed E-state index contributed by atoms with van der Waals surface area (Å²) in [6.07, 6.45) is 2.14. The molecule has 1 heterocycles. The van der Waals surface area contributed by atoms with E-state index < -0.39 is 0 Å². The Labute approximate surface area is 113 Å². The summed E-state index contributed by atoms with van der Waals surface area (Å²) in [7, 11) is 0. The summed E-state index contributed by atoms with van der Waals surface area (Å²) in [5.41, 5.74) is 0. The number of amides is 1. The van der Waals surface area contributed by atoms with Crippen LogP contribution >= 0.6 is 11.3 Å². The number of hydrogen-bond acceptors (Lipinski definition) is 3. The highest BCUT2D eigenvalue weighted by atomic mass is 32.1. The van der Waals surface area contributed by atoms with Gasteiger partial charge in [-0.15, -0.1) is 11.3 Å². The van der Waals surface area contributed by atoms with E-state index in [4.69, 9.17) is 0 Å². The first-order valence-corrected chi connectivity index (χ1v) is 7.69. The molecule has 0 bridgehead atoms. The summed E-state index contributed by atoms with van der Waals surface area (Å²) in [6.45, 7) is 7.11. The van der Waals surface area contributed by atoms with Crippen LogP contribution in [-0.4, -0.2) is 30.4 Å². The Morgan fingerprint density at radius 2 is 2.22 bits per heavy atom. The Bertz CT molecular complexity index is 369. The topological polar surface area (TPSA) is 32.3 Å². The maximum atomic E-state index is 11.8. The first-order chi connectivity index (χ1) is 8.76. The van der Waals surface area contributed by atoms with Crippen LogP contribution < -0.4 is 5.32 Å². The van der Waals surface area contributed by atoms with Gasteiger partial charge < -0.3 is 5.32 Å². The van der Waals surface area contributed by atoms with Gasteiger partial charge in [0.1, 0.15) is 0 Å². The lowest BCUT2D eigenvalue weighted by Crippen LogP contribution is -2.38. The second kappa shape index (κ2) is 6.34. The number of likely N-dealkylation sites (N-methyl/N-ethyl adjacent to an activating group) is 1. The lowest BCUT2D eigenvalue weighted by molar-refractivity contribution is -0.122. The van der Waals surface area contributed by atoms with Crippen molar-refractivity contribution in [1.29, 1.82) is 0 Å². The summed E-state index contributed by atoms with van der Waals surface area (Å²) in [6, 6.07) is 4.57. The van der Waals surface area contributed by atoms with Crippen LogP contribution in [0.4, 0.5) is 0 Å². The van der Waals surface area contributed by atoms with Gasteiger partial charge in [0.25, 0.3) is 0 Å². The summed E-state index contributed by atoms with van der Waals surface area (Å²) in [5, 5.41) is 5.21. The molecule has 0 aliphatic heterocycles. The number of rotatable bonds is 7. The number of carbonyl (C=O) groups is 1. The molecule has 100 valence electrons. The molecule has 18 heavy (non-hydrogen) atoms. The van der Waals surface area contributed by atoms with Crippen molar-refractivity contribution >= 4 is 17.2 Å². The van der Waals surface area contributed by atoms with E-state index in [1.807, 2.05) is 0 Å². The van der Waals surface area contributed by atoms with E-state index in [-0.39, 0.29) is 5.91 Å². The van der Waals surface area contributed by atoms with E-state index in [2.05, 4.69) is 41.6 Å². The van der Waals surface area contributed by atoms with Crippen molar-refractivity contribution in [2.75, 3.05) is 19.6 Å². The lowest BCUT2D eigenvalue weighted by atomic mass is 10.2. The molecule has 1 aromatic heterocycles. The number of hydrogen-bond donors (Lipinski definition) is 1. The highest BCUT2D eigenvalue weighted by molar-refractivity contribution is 7.10. The van der Waals surface area contributed by atoms with Crippen molar-refractivity contribution in [3.8, 4) is 0 Å². The molecule has 1 amide bonds. The Kier molecular flexibility index (Phi) is 4.78. The van der Waals surface area contributed by atoms with E-state index in [1.165, 1.54) is 4.88 Å². The van der Waals surface area contributed by atoms with Crippen LogP contribution in [0.15, 0.2) is 17.5 Å². The zero-order valence-electron chi connectivity index (χ0n) is 11.2. The molecule has 4 heteroatoms. The molecule has 1 fully saturated rings. The average Bonchev–Trinajstić information content (AvgIpc) is 3.11. The molecule has 1 aliphatic carbocycles. The van der Waals surface area contributed by atoms with Crippen LogP contribution in [-0.2, 0) is 4.79 Å². The number of carbonyl (C=O) groups excluding carboxylic acids is 1. The van der Waals surface area contributed by atoms with Gasteiger partial charge in [-0.2, -0.15) is 0 Å². The SMILES string of the molecule is CCN(CC)C(CNC(=O)C1CC1)c1cccs1. The second-order valence-corrected chi connectivity index (χ2v) is 5.75. The average molecular weight is 266 g/mol. The predicted octanol–water partition coefficient (Wildman–Crippen LogP) is 2.66. The predicted molar refractivity (Wildman–Crippen MR) is 75.7 cm³/mol. The summed E-state index contributed by atoms with van der Waals surface area (Å²) < 4.78 is 0. The largest absolute Gasteiger partial charge is 0.354 e. The summed E-state index contributed by atoms with van der Waals surface area (Å²) in [5.74, 6) is 0.536. The van der Waals surface area contributed by atoms with Gasteiger partial charge in [0, 0.05) is 17.3 Å². The van der Waals surface area contributed by atoms with Gasteiger partial charge in [-0.25, -0.2) is 0 Å². The van der Waals surface area contributed by atoms with Crippen molar-refractivity contribution in [2.24, 2.45) is 5.92 Å². The van der Waals surface area contributed by atoms with E-state index in [0.29, 0.717) is 12.0 Å². The highest BCUT2D eigenvalue weighted by Crippen LogP contribution is 2.29. The quantitative estimate of drug-likeness (QED) is 0.823. The van der Waals surface area contributed by atoms with Crippen LogP contribution in [0.2, 0.25) is 0 Å². The van der Waals surface area contributed by atoms with Gasteiger partial charge in [-0.3, -0.25) is 9.69 Å². The van der Waals surface area contributed by atoms with Gasteiger partial charge in [-0.05, 0) is 37.4 Å². The van der Waals surface area contributed by atoms with Gasteiger partial charge in [0.2, 0.25) is 5.91 Å². The lowest BCUT2D eigenvalue weighted by Gasteiger charge is -2.29. The minimum Gasteiger partial charge on any atom is -0.354 e. The van der Waals surface area contributed by atoms with Crippen LogP contribution in [0.5, 0.6) is 0 Å². The zero-order valence-corrected chi connectivity index (χ0v) is 12.0. The number of nitrogens with zero attached hydrogens (tertiary/aromatic N) is 1. The van der Waals surface area contributed by atoms with E-state index in [1.54, 1.807) is 11.3 Å². The Morgan fingerprint density at radius 3 is 2.72 bits per heavy atom. The maximum Gasteiger partial charge on any atom is 0.223 e. The standard InChI is InChI=1S/C14H22N2OS/c1-3-16(4-2)12(13-6-5-9-18-13)10-15-14(17)11-7-8-11/h5-6,9,11-12H,3-4,7-8,10H2,1-2H3,(H,15,17). The molecule has 0 radical (unpaired) electrons. The van der Waals surface area contributed by atoms with E-state index in [9.17, 15) is 4.79 Å². The fraction of sp³-hybridized carbons (Fsp3) is 0.643. The molecule has 1 aliphatic rings. The monoisotopic (exact) mass is 266 g/mol. The first kappa shape index (κ1) is 13.6. The maximum absolute atomic E-state index is 11.8. The molecule has 1 atom stereocenters. The number of thiophene rings is 1. The Hall–Kier alpha value is -0.870. The summed E-state index contributed by atoms with van der Waals surface area (Å²) in [4.78, 5) is 15.5. The highest BCUT2D eigenvalue weighted by Gasteiger charge is 2.30. The first-order valence-electron chi connectivity index (χ1n) is 6.81. The van der Waals surface area contributed by atoms with Gasteiger partial charge in [0.15, 0.2) is 0 Å². The van der Waals surface area contributed by atoms with Crippen molar-refractivity contribution < 1.29 is 4.79 Å². The molecular weight excluding hydrogens is 244 g/mol. The molecule has 1 unspecified atom stereocenters. The third kappa shape index (κ3) is 3.33. The minimum absolute atomic E-state index is 0.240. The van der Waals surface area contributed by atoms with Crippen LogP contribution in [0, 0.1) is 5.92 Å². The van der Waals surface area contributed by atoms with E-state index in [0.717, 1.165) is 32.5 Å². The minimum atomic E-state index is 0.240. The molecule has 1 N–H and O–H groups in total. The third-order valence-corrected chi connectivity index (χ3v) is 4.52. The second-order valence-electron chi connectivity index (χ2n) is 4.77. The van der Waals surface area contributed by atoms with Gasteiger partial charge in [0.05, 0.1) is 6.04 Å². The fourth-order valence-electron chi connectivity index (χ4n) is 2.24. The Balaban J connectivity index is 1.97. The molecule has 0 saturated heterocycles. The Morgan fingerprint density at radius 1 is 1.50 bits per heavy atom. The molecule has 3 nitrogen and oxygen atoms in total. The molecule has 2 rings (SSSR count). The van der Waals surface area contributed by atoms with Crippen molar-refractivity contribution in [3.63, 3.8) is 0 Å². The van der Waals surface area contributed by atoms with Crippen LogP contribution in [0.25, 0.3) is 0 Å². The van der Waals surface area contributed by atoms with Gasteiger partial charge >= 0.3 is 0 Å². The van der Waals surface area contributed by atoms with E-state index >= 15 is 0 Å². The van der Waals surface area contributed by atoms with Gasteiger partial charge in [-0.1, -0.05) is 19.9 Å². The normalized spacial score (nSPS) is 16.8. The van der Waals surface area contributed by atoms with Crippen molar-refractivity contribution in [2.45, 2.75) is 32.7 Å². The molecule has 1 aromatic rings. The smallest absolute Gasteiger partial charge is 0.223 e. The molecule has 0 aromatic carbocycles. The molecule has 1 saturated carbocycles. The number of nitrogens with one attached hydrogen (secondary N) is 1. The fourth-order valence-corrected chi connectivity index (χ4v) is 3.10. The molecular formula is C14H22N2OS. The zero-order chi connectivity index (χ0) is 13.0. The van der Waals surface area contributed by atoms with Crippen LogP contribution in [0.1, 0.15) is 37.6 Å². The van der Waals surface area contributed by atoms with Crippen molar-refractivity contribution in [1.82, 2.24) is 10.2 Å². The van der Waals surface area contributed by atoms with Crippen molar-refractivity contribution in [3.05, 3.63) is 22.4 Å². The van der Waals surface area contributed by atoms with Crippen LogP contribution in [0.3, 0.4) is 0 Å². The summed E-state index contributed by atoms with van der Waals surface area (Å²) >= 11 is 1.77.